The first-order valence-corrected chi connectivity index (χ1v) is 6.70. The highest BCUT2D eigenvalue weighted by atomic mass is 16.4. The molecule has 1 N–H and O–H groups in total. The Bertz CT molecular complexity index is 288. The van der Waals surface area contributed by atoms with E-state index in [0.717, 1.165) is 19.6 Å². The van der Waals surface area contributed by atoms with Gasteiger partial charge in [0.15, 0.2) is 0 Å². The topological polar surface area (TPSA) is 60.9 Å². The zero-order valence-corrected chi connectivity index (χ0v) is 11.4. The molecule has 0 aliphatic carbocycles. The average Bonchev–Trinajstić information content (AvgIpc) is 2.36. The number of carbonyl (C=O) groups excluding carboxylic acids is 1. The Labute approximate surface area is 109 Å². The lowest BCUT2D eigenvalue weighted by Gasteiger charge is -2.27. The molecule has 5 nitrogen and oxygen atoms in total. The van der Waals surface area contributed by atoms with Gasteiger partial charge in [-0.15, -0.1) is 0 Å². The van der Waals surface area contributed by atoms with E-state index < -0.39 is 11.9 Å². The molecule has 0 radical (unpaired) electrons. The number of aliphatic carboxylic acids is 1. The second kappa shape index (κ2) is 7.36. The van der Waals surface area contributed by atoms with Crippen molar-refractivity contribution in [1.29, 1.82) is 0 Å². The van der Waals surface area contributed by atoms with E-state index in [1.165, 1.54) is 24.2 Å². The van der Waals surface area contributed by atoms with Crippen LogP contribution in [0.3, 0.4) is 0 Å². The quantitative estimate of drug-likeness (QED) is 0.771. The Morgan fingerprint density at radius 1 is 1.28 bits per heavy atom. The Morgan fingerprint density at radius 2 is 1.89 bits per heavy atom. The van der Waals surface area contributed by atoms with Gasteiger partial charge in [-0.2, -0.15) is 0 Å². The van der Waals surface area contributed by atoms with Crippen molar-refractivity contribution in [3.63, 3.8) is 0 Å². The number of hydrogen-bond acceptors (Lipinski definition) is 3. The zero-order valence-electron chi connectivity index (χ0n) is 11.4. The van der Waals surface area contributed by atoms with Gasteiger partial charge in [-0.25, -0.2) is 0 Å². The molecule has 1 heterocycles. The predicted octanol–water partition coefficient (Wildman–Crippen LogP) is 1.04. The Balaban J connectivity index is 2.24. The third-order valence-electron chi connectivity index (χ3n) is 3.49. The van der Waals surface area contributed by atoms with Crippen molar-refractivity contribution in [2.24, 2.45) is 5.92 Å². The summed E-state index contributed by atoms with van der Waals surface area (Å²) in [6.07, 6.45) is 4.23. The van der Waals surface area contributed by atoms with E-state index in [1.807, 2.05) is 0 Å². The first-order valence-electron chi connectivity index (χ1n) is 6.70. The van der Waals surface area contributed by atoms with Crippen LogP contribution >= 0.6 is 0 Å². The van der Waals surface area contributed by atoms with Crippen molar-refractivity contribution in [1.82, 2.24) is 9.80 Å². The van der Waals surface area contributed by atoms with Gasteiger partial charge in [-0.1, -0.05) is 13.3 Å². The van der Waals surface area contributed by atoms with Crippen molar-refractivity contribution in [3.05, 3.63) is 0 Å². The van der Waals surface area contributed by atoms with Crippen molar-refractivity contribution >= 4 is 11.9 Å². The maximum Gasteiger partial charge on any atom is 0.308 e. The standard InChI is InChI=1S/C13H24N2O3/c1-11(13(17)18)10-14(2)12(16)6-9-15-7-4-3-5-8-15/h11H,3-10H2,1-2H3,(H,17,18). The minimum Gasteiger partial charge on any atom is -0.481 e. The summed E-state index contributed by atoms with van der Waals surface area (Å²) in [4.78, 5) is 26.4. The normalized spacial score (nSPS) is 18.3. The lowest BCUT2D eigenvalue weighted by atomic mass is 10.1. The summed E-state index contributed by atoms with van der Waals surface area (Å²) < 4.78 is 0. The Hall–Kier alpha value is -1.10. The SMILES string of the molecule is CC(CN(C)C(=O)CCN1CCCCC1)C(=O)O. The Morgan fingerprint density at radius 3 is 2.44 bits per heavy atom. The fourth-order valence-corrected chi connectivity index (χ4v) is 2.22. The van der Waals surface area contributed by atoms with Gasteiger partial charge >= 0.3 is 5.97 Å². The molecule has 18 heavy (non-hydrogen) atoms. The number of likely N-dealkylation sites (tertiary alicyclic amines) is 1. The van der Waals surface area contributed by atoms with E-state index in [4.69, 9.17) is 5.11 Å². The first-order chi connectivity index (χ1) is 8.50. The summed E-state index contributed by atoms with van der Waals surface area (Å²) in [5, 5.41) is 8.80. The second-order valence-corrected chi connectivity index (χ2v) is 5.17. The maximum absolute atomic E-state index is 11.9. The van der Waals surface area contributed by atoms with E-state index >= 15 is 0 Å². The molecule has 1 amide bonds. The second-order valence-electron chi connectivity index (χ2n) is 5.17. The smallest absolute Gasteiger partial charge is 0.308 e. The summed E-state index contributed by atoms with van der Waals surface area (Å²) in [5.74, 6) is -1.33. The number of hydrogen-bond donors (Lipinski definition) is 1. The van der Waals surface area contributed by atoms with E-state index in [2.05, 4.69) is 4.90 Å². The van der Waals surface area contributed by atoms with Gasteiger partial charge in [0.05, 0.1) is 5.92 Å². The largest absolute Gasteiger partial charge is 0.481 e. The predicted molar refractivity (Wildman–Crippen MR) is 69.3 cm³/mol. The van der Waals surface area contributed by atoms with Crippen LogP contribution in [0, 0.1) is 5.92 Å². The molecule has 0 saturated carbocycles. The fraction of sp³-hybridized carbons (Fsp3) is 0.846. The van der Waals surface area contributed by atoms with E-state index in [9.17, 15) is 9.59 Å². The van der Waals surface area contributed by atoms with Gasteiger partial charge in [-0.3, -0.25) is 9.59 Å². The molecule has 0 aromatic rings. The summed E-state index contributed by atoms with van der Waals surface area (Å²) in [7, 11) is 1.68. The third kappa shape index (κ3) is 5.04. The molecule has 1 aliphatic rings. The molecule has 1 rings (SSSR count). The number of carbonyl (C=O) groups is 2. The molecular formula is C13H24N2O3. The molecular weight excluding hydrogens is 232 g/mol. The molecule has 104 valence electrons. The van der Waals surface area contributed by atoms with Gasteiger partial charge < -0.3 is 14.9 Å². The molecule has 0 bridgehead atoms. The molecule has 0 aromatic heterocycles. The first kappa shape index (κ1) is 15.0. The lowest BCUT2D eigenvalue weighted by molar-refractivity contribution is -0.142. The van der Waals surface area contributed by atoms with Gasteiger partial charge in [0.25, 0.3) is 0 Å². The fourth-order valence-electron chi connectivity index (χ4n) is 2.22. The van der Waals surface area contributed by atoms with Crippen LogP contribution < -0.4 is 0 Å². The molecule has 0 aromatic carbocycles. The Kier molecular flexibility index (Phi) is 6.12. The van der Waals surface area contributed by atoms with Gasteiger partial charge in [0.1, 0.15) is 0 Å². The summed E-state index contributed by atoms with van der Waals surface area (Å²) in [6, 6.07) is 0. The highest BCUT2D eigenvalue weighted by Crippen LogP contribution is 2.09. The van der Waals surface area contributed by atoms with Crippen molar-refractivity contribution < 1.29 is 14.7 Å². The summed E-state index contributed by atoms with van der Waals surface area (Å²) in [5.41, 5.74) is 0. The van der Waals surface area contributed by atoms with E-state index in [0.29, 0.717) is 6.42 Å². The number of carboxylic acids is 1. The van der Waals surface area contributed by atoms with Gasteiger partial charge in [0, 0.05) is 26.6 Å². The van der Waals surface area contributed by atoms with Crippen LogP contribution in [0.25, 0.3) is 0 Å². The van der Waals surface area contributed by atoms with Gasteiger partial charge in [-0.05, 0) is 25.9 Å². The van der Waals surface area contributed by atoms with Crippen molar-refractivity contribution in [3.8, 4) is 0 Å². The molecule has 0 spiro atoms. The van der Waals surface area contributed by atoms with Crippen LogP contribution in [-0.4, -0.2) is 60.0 Å². The number of carboxylic acid groups (broad SMARTS) is 1. The number of piperidine rings is 1. The molecule has 1 aliphatic heterocycles. The third-order valence-corrected chi connectivity index (χ3v) is 3.49. The minimum absolute atomic E-state index is 0.0358. The molecule has 1 saturated heterocycles. The van der Waals surface area contributed by atoms with Gasteiger partial charge in [0.2, 0.25) is 5.91 Å². The van der Waals surface area contributed by atoms with Crippen LogP contribution in [0.1, 0.15) is 32.6 Å². The average molecular weight is 256 g/mol. The number of rotatable bonds is 6. The zero-order chi connectivity index (χ0) is 13.5. The monoisotopic (exact) mass is 256 g/mol. The molecule has 5 heteroatoms. The molecule has 1 unspecified atom stereocenters. The molecule has 1 fully saturated rings. The van der Waals surface area contributed by atoms with Crippen LogP contribution in [-0.2, 0) is 9.59 Å². The summed E-state index contributed by atoms with van der Waals surface area (Å²) >= 11 is 0. The van der Waals surface area contributed by atoms with Crippen LogP contribution in [0.15, 0.2) is 0 Å². The van der Waals surface area contributed by atoms with Crippen molar-refractivity contribution in [2.75, 3.05) is 33.2 Å². The number of amides is 1. The van der Waals surface area contributed by atoms with Crippen molar-refractivity contribution in [2.45, 2.75) is 32.6 Å². The highest BCUT2D eigenvalue weighted by molar-refractivity contribution is 5.77. The minimum atomic E-state index is -0.856. The summed E-state index contributed by atoms with van der Waals surface area (Å²) in [6.45, 7) is 4.88. The maximum atomic E-state index is 11.9. The lowest BCUT2D eigenvalue weighted by Crippen LogP contribution is -2.37. The van der Waals surface area contributed by atoms with Crippen LogP contribution in [0.5, 0.6) is 0 Å². The highest BCUT2D eigenvalue weighted by Gasteiger charge is 2.18. The molecule has 1 atom stereocenters. The van der Waals surface area contributed by atoms with E-state index in [1.54, 1.807) is 14.0 Å². The van der Waals surface area contributed by atoms with E-state index in [-0.39, 0.29) is 12.5 Å². The van der Waals surface area contributed by atoms with Crippen LogP contribution in [0.4, 0.5) is 0 Å². The number of nitrogens with zero attached hydrogens (tertiary/aromatic N) is 2. The van der Waals surface area contributed by atoms with Crippen LogP contribution in [0.2, 0.25) is 0 Å².